The summed E-state index contributed by atoms with van der Waals surface area (Å²) in [4.78, 5) is 11.6. The van der Waals surface area contributed by atoms with Crippen LogP contribution in [0.1, 0.15) is 22.6 Å². The molecule has 1 heterocycles. The Hall–Kier alpha value is -2.56. The average molecular weight is 286 g/mol. The molecular formula is C16H18N2O3. The molecule has 0 spiro atoms. The monoisotopic (exact) mass is 286 g/mol. The van der Waals surface area contributed by atoms with Gasteiger partial charge in [0.05, 0.1) is 6.21 Å². The molecule has 5 heteroatoms. The number of rotatable bonds is 5. The maximum atomic E-state index is 11.6. The van der Waals surface area contributed by atoms with Crippen LogP contribution in [-0.4, -0.2) is 18.7 Å². The van der Waals surface area contributed by atoms with E-state index in [1.54, 1.807) is 6.07 Å². The zero-order valence-corrected chi connectivity index (χ0v) is 12.3. The lowest BCUT2D eigenvalue weighted by Crippen LogP contribution is -2.24. The van der Waals surface area contributed by atoms with Crippen LogP contribution in [0.2, 0.25) is 0 Å². The highest BCUT2D eigenvalue weighted by Crippen LogP contribution is 2.18. The van der Waals surface area contributed by atoms with Crippen LogP contribution >= 0.6 is 0 Å². The lowest BCUT2D eigenvalue weighted by molar-refractivity contribution is -0.123. The number of hydrazone groups is 1. The van der Waals surface area contributed by atoms with Crippen molar-refractivity contribution in [1.82, 2.24) is 5.43 Å². The Balaban J connectivity index is 1.82. The maximum absolute atomic E-state index is 11.6. The third kappa shape index (κ3) is 4.49. The van der Waals surface area contributed by atoms with Gasteiger partial charge in [0.15, 0.2) is 6.61 Å². The number of hydrogen-bond acceptors (Lipinski definition) is 4. The Morgan fingerprint density at radius 3 is 2.81 bits per heavy atom. The van der Waals surface area contributed by atoms with Gasteiger partial charge in [0.25, 0.3) is 5.91 Å². The van der Waals surface area contributed by atoms with Crippen molar-refractivity contribution in [3.63, 3.8) is 0 Å². The molecule has 2 rings (SSSR count). The predicted octanol–water partition coefficient (Wildman–Crippen LogP) is 2.73. The Kier molecular flexibility index (Phi) is 4.77. The van der Waals surface area contributed by atoms with Crippen LogP contribution in [0.3, 0.4) is 0 Å². The lowest BCUT2D eigenvalue weighted by atomic mass is 10.1. The van der Waals surface area contributed by atoms with E-state index in [2.05, 4.69) is 10.5 Å². The van der Waals surface area contributed by atoms with E-state index in [-0.39, 0.29) is 12.5 Å². The summed E-state index contributed by atoms with van der Waals surface area (Å²) in [5.41, 5.74) is 4.46. The van der Waals surface area contributed by atoms with Crippen molar-refractivity contribution in [3.8, 4) is 5.75 Å². The summed E-state index contributed by atoms with van der Waals surface area (Å²) in [5.74, 6) is 1.76. The van der Waals surface area contributed by atoms with Gasteiger partial charge in [-0.2, -0.15) is 5.10 Å². The van der Waals surface area contributed by atoms with Gasteiger partial charge in [0.2, 0.25) is 0 Å². The number of nitrogens with zero attached hydrogens (tertiary/aromatic N) is 1. The third-order valence-corrected chi connectivity index (χ3v) is 2.84. The van der Waals surface area contributed by atoms with E-state index in [4.69, 9.17) is 9.15 Å². The largest absolute Gasteiger partial charge is 0.483 e. The fourth-order valence-corrected chi connectivity index (χ4v) is 1.73. The van der Waals surface area contributed by atoms with Crippen molar-refractivity contribution in [2.45, 2.75) is 20.8 Å². The molecule has 1 aromatic carbocycles. The number of benzene rings is 1. The first kappa shape index (κ1) is 14.8. The molecule has 110 valence electrons. The van der Waals surface area contributed by atoms with Crippen LogP contribution in [0.4, 0.5) is 0 Å². The molecule has 1 N–H and O–H groups in total. The second-order valence-electron chi connectivity index (χ2n) is 4.80. The number of hydrogen-bond donors (Lipinski definition) is 1. The van der Waals surface area contributed by atoms with Gasteiger partial charge in [0.1, 0.15) is 17.3 Å². The minimum absolute atomic E-state index is 0.0845. The van der Waals surface area contributed by atoms with Gasteiger partial charge in [-0.1, -0.05) is 12.1 Å². The molecule has 0 atom stereocenters. The average Bonchev–Trinajstić information content (AvgIpc) is 2.85. The predicted molar refractivity (Wildman–Crippen MR) is 80.6 cm³/mol. The number of carbonyl (C=O) groups excluding carboxylic acids is 1. The van der Waals surface area contributed by atoms with E-state index in [1.807, 2.05) is 45.0 Å². The standard InChI is InChI=1S/C16H18N2O3/c1-11-4-5-12(2)15(8-11)20-10-16(19)18-17-9-14-7-6-13(3)21-14/h4-9H,10H2,1-3H3,(H,18,19)/b17-9+. The second-order valence-corrected chi connectivity index (χ2v) is 4.80. The number of aryl methyl sites for hydroxylation is 3. The number of carbonyl (C=O) groups is 1. The van der Waals surface area contributed by atoms with E-state index in [0.29, 0.717) is 11.5 Å². The van der Waals surface area contributed by atoms with Crippen molar-refractivity contribution in [1.29, 1.82) is 0 Å². The molecule has 0 bridgehead atoms. The van der Waals surface area contributed by atoms with Crippen LogP contribution in [0, 0.1) is 20.8 Å². The summed E-state index contributed by atoms with van der Waals surface area (Å²) in [6.07, 6.45) is 1.45. The molecule has 5 nitrogen and oxygen atoms in total. The summed E-state index contributed by atoms with van der Waals surface area (Å²) in [5, 5.41) is 3.81. The maximum Gasteiger partial charge on any atom is 0.277 e. The van der Waals surface area contributed by atoms with Gasteiger partial charge in [-0.15, -0.1) is 0 Å². The number of furan rings is 1. The third-order valence-electron chi connectivity index (χ3n) is 2.84. The first-order valence-electron chi connectivity index (χ1n) is 6.63. The quantitative estimate of drug-likeness (QED) is 0.679. The highest BCUT2D eigenvalue weighted by molar-refractivity contribution is 5.81. The Morgan fingerprint density at radius 1 is 1.29 bits per heavy atom. The molecule has 0 saturated carbocycles. The van der Waals surface area contributed by atoms with Crippen molar-refractivity contribution in [2.75, 3.05) is 6.61 Å². The van der Waals surface area contributed by atoms with Gasteiger partial charge in [-0.3, -0.25) is 4.79 Å². The number of amides is 1. The van der Waals surface area contributed by atoms with Crippen LogP contribution in [-0.2, 0) is 4.79 Å². The summed E-state index contributed by atoms with van der Waals surface area (Å²) < 4.78 is 10.8. The minimum atomic E-state index is -0.324. The normalized spacial score (nSPS) is 10.8. The summed E-state index contributed by atoms with van der Waals surface area (Å²) in [6, 6.07) is 9.46. The Bertz CT molecular complexity index is 659. The highest BCUT2D eigenvalue weighted by Gasteiger charge is 2.04. The van der Waals surface area contributed by atoms with E-state index in [0.717, 1.165) is 16.9 Å². The van der Waals surface area contributed by atoms with Gasteiger partial charge in [-0.05, 0) is 50.1 Å². The van der Waals surface area contributed by atoms with E-state index in [1.165, 1.54) is 6.21 Å². The summed E-state index contributed by atoms with van der Waals surface area (Å²) in [7, 11) is 0. The molecule has 0 saturated heterocycles. The summed E-state index contributed by atoms with van der Waals surface area (Å²) >= 11 is 0. The van der Waals surface area contributed by atoms with Crippen molar-refractivity contribution < 1.29 is 13.9 Å². The topological polar surface area (TPSA) is 63.8 Å². The molecule has 1 aromatic heterocycles. The van der Waals surface area contributed by atoms with Gasteiger partial charge in [0, 0.05) is 0 Å². The van der Waals surface area contributed by atoms with Crippen molar-refractivity contribution in [2.24, 2.45) is 5.10 Å². The lowest BCUT2D eigenvalue weighted by Gasteiger charge is -2.08. The molecule has 1 amide bonds. The second kappa shape index (κ2) is 6.74. The van der Waals surface area contributed by atoms with Crippen molar-refractivity contribution in [3.05, 3.63) is 53.0 Å². The number of nitrogens with one attached hydrogen (secondary N) is 1. The van der Waals surface area contributed by atoms with Crippen LogP contribution in [0.25, 0.3) is 0 Å². The molecule has 0 fully saturated rings. The first-order valence-corrected chi connectivity index (χ1v) is 6.63. The smallest absolute Gasteiger partial charge is 0.277 e. The SMILES string of the molecule is Cc1ccc(C)c(OCC(=O)N/N=C/c2ccc(C)o2)c1. The first-order chi connectivity index (χ1) is 10.0. The fraction of sp³-hybridized carbons (Fsp3) is 0.250. The molecular weight excluding hydrogens is 268 g/mol. The zero-order valence-electron chi connectivity index (χ0n) is 12.3. The molecule has 0 aliphatic heterocycles. The zero-order chi connectivity index (χ0) is 15.2. The Labute approximate surface area is 123 Å². The van der Waals surface area contributed by atoms with Gasteiger partial charge < -0.3 is 9.15 Å². The van der Waals surface area contributed by atoms with Gasteiger partial charge in [-0.25, -0.2) is 5.43 Å². The molecule has 2 aromatic rings. The fourth-order valence-electron chi connectivity index (χ4n) is 1.73. The Morgan fingerprint density at radius 2 is 2.10 bits per heavy atom. The summed E-state index contributed by atoms with van der Waals surface area (Å²) in [6.45, 7) is 5.67. The van der Waals surface area contributed by atoms with Gasteiger partial charge >= 0.3 is 0 Å². The molecule has 0 radical (unpaired) electrons. The van der Waals surface area contributed by atoms with E-state index in [9.17, 15) is 4.79 Å². The minimum Gasteiger partial charge on any atom is -0.483 e. The molecule has 21 heavy (non-hydrogen) atoms. The molecule has 0 aliphatic carbocycles. The van der Waals surface area contributed by atoms with E-state index < -0.39 is 0 Å². The van der Waals surface area contributed by atoms with Crippen LogP contribution < -0.4 is 10.2 Å². The van der Waals surface area contributed by atoms with Crippen molar-refractivity contribution >= 4 is 12.1 Å². The molecule has 0 aliphatic rings. The number of ether oxygens (including phenoxy) is 1. The van der Waals surface area contributed by atoms with Crippen LogP contribution in [0.5, 0.6) is 5.75 Å². The highest BCUT2D eigenvalue weighted by atomic mass is 16.5. The van der Waals surface area contributed by atoms with E-state index >= 15 is 0 Å². The molecule has 0 unspecified atom stereocenters. The van der Waals surface area contributed by atoms with Crippen LogP contribution in [0.15, 0.2) is 39.9 Å².